The summed E-state index contributed by atoms with van der Waals surface area (Å²) in [5, 5.41) is 6.75. The predicted molar refractivity (Wildman–Crippen MR) is 104 cm³/mol. The number of nitrogens with zero attached hydrogens (tertiary/aromatic N) is 1. The molecule has 0 aromatic heterocycles. The van der Waals surface area contributed by atoms with Crippen LogP contribution in [0.15, 0.2) is 43.1 Å². The Balaban J connectivity index is 2.55. The van der Waals surface area contributed by atoms with Crippen molar-refractivity contribution in [2.75, 3.05) is 25.0 Å². The molecule has 0 amide bonds. The van der Waals surface area contributed by atoms with Crippen molar-refractivity contribution in [1.82, 2.24) is 10.6 Å². The lowest BCUT2D eigenvalue weighted by molar-refractivity contribution is 0.582. The average molecular weight is 316 g/mol. The van der Waals surface area contributed by atoms with Crippen molar-refractivity contribution in [2.45, 2.75) is 40.2 Å². The Morgan fingerprint density at radius 1 is 1.04 bits per heavy atom. The van der Waals surface area contributed by atoms with Crippen LogP contribution in [0.4, 0.5) is 5.69 Å². The molecule has 0 fully saturated rings. The first-order chi connectivity index (χ1) is 10.8. The van der Waals surface area contributed by atoms with E-state index in [1.807, 2.05) is 0 Å². The standard InChI is InChI=1S/C20H33N3/c1-15(2)14-17(5)23(7)20-10-8-19(9-11-20)18(6)22-13-12-21-16(3)4/h8-11,15-16,21-22H,5-6,12-14H2,1-4,7H3. The molecule has 23 heavy (non-hydrogen) atoms. The molecular formula is C20H33N3. The first kappa shape index (κ1) is 19.3. The number of hydrogen-bond acceptors (Lipinski definition) is 3. The largest absolute Gasteiger partial charge is 0.384 e. The van der Waals surface area contributed by atoms with Gasteiger partial charge in [-0.25, -0.2) is 0 Å². The highest BCUT2D eigenvalue weighted by Crippen LogP contribution is 2.22. The third kappa shape index (κ3) is 6.91. The summed E-state index contributed by atoms with van der Waals surface area (Å²) < 4.78 is 0. The van der Waals surface area contributed by atoms with E-state index in [0.717, 1.165) is 42.2 Å². The fourth-order valence-electron chi connectivity index (χ4n) is 2.35. The third-order valence-corrected chi connectivity index (χ3v) is 3.74. The van der Waals surface area contributed by atoms with E-state index >= 15 is 0 Å². The van der Waals surface area contributed by atoms with E-state index in [1.165, 1.54) is 0 Å². The fraction of sp³-hybridized carbons (Fsp3) is 0.500. The van der Waals surface area contributed by atoms with Crippen LogP contribution in [0.5, 0.6) is 0 Å². The van der Waals surface area contributed by atoms with Gasteiger partial charge < -0.3 is 15.5 Å². The minimum Gasteiger partial charge on any atom is -0.384 e. The molecule has 0 atom stereocenters. The van der Waals surface area contributed by atoms with E-state index in [9.17, 15) is 0 Å². The van der Waals surface area contributed by atoms with Gasteiger partial charge in [-0.2, -0.15) is 0 Å². The molecule has 0 radical (unpaired) electrons. The normalized spacial score (nSPS) is 10.9. The monoisotopic (exact) mass is 315 g/mol. The second-order valence-electron chi connectivity index (χ2n) is 6.78. The van der Waals surface area contributed by atoms with Crippen LogP contribution in [0.2, 0.25) is 0 Å². The van der Waals surface area contributed by atoms with Gasteiger partial charge >= 0.3 is 0 Å². The van der Waals surface area contributed by atoms with Crippen LogP contribution in [0.1, 0.15) is 39.7 Å². The zero-order valence-corrected chi connectivity index (χ0v) is 15.4. The van der Waals surface area contributed by atoms with Gasteiger partial charge in [0.1, 0.15) is 0 Å². The van der Waals surface area contributed by atoms with E-state index in [2.05, 4.69) is 87.7 Å². The summed E-state index contributed by atoms with van der Waals surface area (Å²) >= 11 is 0. The van der Waals surface area contributed by atoms with Crippen molar-refractivity contribution in [2.24, 2.45) is 5.92 Å². The number of anilines is 1. The molecule has 3 heteroatoms. The Labute approximate surface area is 142 Å². The molecule has 0 saturated heterocycles. The predicted octanol–water partition coefficient (Wildman–Crippen LogP) is 4.24. The van der Waals surface area contributed by atoms with Gasteiger partial charge in [-0.15, -0.1) is 0 Å². The number of hydrogen-bond donors (Lipinski definition) is 2. The Bertz CT molecular complexity index is 500. The van der Waals surface area contributed by atoms with Gasteiger partial charge in [0.05, 0.1) is 0 Å². The molecule has 0 unspecified atom stereocenters. The SMILES string of the molecule is C=C(NCCNC(C)C)c1ccc(N(C)C(=C)CC(C)C)cc1. The van der Waals surface area contributed by atoms with Gasteiger partial charge in [-0.3, -0.25) is 0 Å². The lowest BCUT2D eigenvalue weighted by Crippen LogP contribution is -2.30. The molecule has 0 aliphatic heterocycles. The van der Waals surface area contributed by atoms with Crippen LogP contribution < -0.4 is 15.5 Å². The highest BCUT2D eigenvalue weighted by molar-refractivity contribution is 5.64. The molecule has 0 aliphatic carbocycles. The maximum absolute atomic E-state index is 4.18. The summed E-state index contributed by atoms with van der Waals surface area (Å²) in [4.78, 5) is 2.16. The Hall–Kier alpha value is -1.74. The maximum atomic E-state index is 4.18. The van der Waals surface area contributed by atoms with Crippen molar-refractivity contribution in [3.05, 3.63) is 48.7 Å². The third-order valence-electron chi connectivity index (χ3n) is 3.74. The highest BCUT2D eigenvalue weighted by Gasteiger charge is 2.07. The summed E-state index contributed by atoms with van der Waals surface area (Å²) in [6.07, 6.45) is 1.01. The molecule has 1 rings (SSSR count). The first-order valence-electron chi connectivity index (χ1n) is 8.49. The van der Waals surface area contributed by atoms with Gasteiger partial charge in [-0.05, 0) is 30.0 Å². The van der Waals surface area contributed by atoms with E-state index in [4.69, 9.17) is 0 Å². The number of allylic oxidation sites excluding steroid dienone is 1. The van der Waals surface area contributed by atoms with Crippen LogP contribution >= 0.6 is 0 Å². The van der Waals surface area contributed by atoms with Gasteiger partial charge in [0.25, 0.3) is 0 Å². The molecule has 1 aromatic rings. The topological polar surface area (TPSA) is 27.3 Å². The van der Waals surface area contributed by atoms with Crippen LogP contribution in [0, 0.1) is 5.92 Å². The Kier molecular flexibility index (Phi) is 7.90. The lowest BCUT2D eigenvalue weighted by Gasteiger charge is -2.23. The Morgan fingerprint density at radius 3 is 2.17 bits per heavy atom. The average Bonchev–Trinajstić information content (AvgIpc) is 2.50. The molecule has 3 nitrogen and oxygen atoms in total. The van der Waals surface area contributed by atoms with Gasteiger partial charge in [0.2, 0.25) is 0 Å². The van der Waals surface area contributed by atoms with E-state index < -0.39 is 0 Å². The summed E-state index contributed by atoms with van der Waals surface area (Å²) in [6, 6.07) is 8.98. The van der Waals surface area contributed by atoms with Gasteiger partial charge in [0, 0.05) is 43.3 Å². The lowest BCUT2D eigenvalue weighted by atomic mass is 10.1. The number of benzene rings is 1. The van der Waals surface area contributed by atoms with Gasteiger partial charge in [0.15, 0.2) is 0 Å². The minimum absolute atomic E-state index is 0.513. The zero-order chi connectivity index (χ0) is 17.4. The molecule has 128 valence electrons. The molecule has 0 heterocycles. The minimum atomic E-state index is 0.513. The summed E-state index contributed by atoms with van der Waals surface area (Å²) in [6.45, 7) is 18.8. The van der Waals surface area contributed by atoms with Crippen LogP contribution in [-0.2, 0) is 0 Å². The van der Waals surface area contributed by atoms with Gasteiger partial charge in [-0.1, -0.05) is 53.0 Å². The Morgan fingerprint density at radius 2 is 1.65 bits per heavy atom. The second kappa shape index (κ2) is 9.41. The van der Waals surface area contributed by atoms with Crippen LogP contribution in [-0.4, -0.2) is 26.2 Å². The number of nitrogens with one attached hydrogen (secondary N) is 2. The highest BCUT2D eigenvalue weighted by atomic mass is 15.1. The van der Waals surface area contributed by atoms with Crippen molar-refractivity contribution in [3.8, 4) is 0 Å². The van der Waals surface area contributed by atoms with E-state index in [1.54, 1.807) is 0 Å². The molecule has 0 aliphatic rings. The summed E-state index contributed by atoms with van der Waals surface area (Å²) in [5.41, 5.74) is 4.39. The first-order valence-corrected chi connectivity index (χ1v) is 8.49. The molecular weight excluding hydrogens is 282 g/mol. The second-order valence-corrected chi connectivity index (χ2v) is 6.78. The fourth-order valence-corrected chi connectivity index (χ4v) is 2.35. The van der Waals surface area contributed by atoms with Crippen LogP contribution in [0.25, 0.3) is 5.70 Å². The van der Waals surface area contributed by atoms with E-state index in [-0.39, 0.29) is 0 Å². The molecule has 0 spiro atoms. The van der Waals surface area contributed by atoms with Crippen molar-refractivity contribution in [3.63, 3.8) is 0 Å². The summed E-state index contributed by atoms with van der Waals surface area (Å²) in [5.74, 6) is 0.618. The maximum Gasteiger partial charge on any atom is 0.0405 e. The molecule has 2 N–H and O–H groups in total. The molecule has 1 aromatic carbocycles. The van der Waals surface area contributed by atoms with E-state index in [0.29, 0.717) is 12.0 Å². The van der Waals surface area contributed by atoms with Crippen molar-refractivity contribution < 1.29 is 0 Å². The zero-order valence-electron chi connectivity index (χ0n) is 15.4. The smallest absolute Gasteiger partial charge is 0.0405 e. The van der Waals surface area contributed by atoms with Crippen molar-refractivity contribution >= 4 is 11.4 Å². The number of rotatable bonds is 10. The molecule has 0 bridgehead atoms. The van der Waals surface area contributed by atoms with Crippen molar-refractivity contribution in [1.29, 1.82) is 0 Å². The van der Waals surface area contributed by atoms with Crippen LogP contribution in [0.3, 0.4) is 0 Å². The summed E-state index contributed by atoms with van der Waals surface area (Å²) in [7, 11) is 2.07. The molecule has 0 saturated carbocycles. The quantitative estimate of drug-likeness (QED) is 0.632.